The van der Waals surface area contributed by atoms with Crippen LogP contribution in [0.5, 0.6) is 5.75 Å². The fourth-order valence-electron chi connectivity index (χ4n) is 4.72. The molecule has 11 heteroatoms. The molecule has 0 bridgehead atoms. The highest BCUT2D eigenvalue weighted by Gasteiger charge is 2.38. The quantitative estimate of drug-likeness (QED) is 0.254. The number of benzene rings is 2. The lowest BCUT2D eigenvalue weighted by Crippen LogP contribution is -2.33. The van der Waals surface area contributed by atoms with Gasteiger partial charge in [-0.1, -0.05) is 36.0 Å². The lowest BCUT2D eigenvalue weighted by atomic mass is 10.2. The monoisotopic (exact) mass is 588 g/mol. The van der Waals surface area contributed by atoms with Crippen LogP contribution in [-0.4, -0.2) is 72.6 Å². The summed E-state index contributed by atoms with van der Waals surface area (Å²) in [7, 11) is 1.58. The van der Waals surface area contributed by atoms with Crippen molar-refractivity contribution in [1.29, 1.82) is 5.26 Å². The van der Waals surface area contributed by atoms with Crippen LogP contribution in [0.4, 0.5) is 5.69 Å². The maximum Gasteiger partial charge on any atom is 0.264 e. The van der Waals surface area contributed by atoms with Crippen LogP contribution in [0.1, 0.15) is 35.7 Å². The van der Waals surface area contributed by atoms with Gasteiger partial charge >= 0.3 is 0 Å². The van der Waals surface area contributed by atoms with E-state index in [1.165, 1.54) is 29.5 Å². The highest BCUT2D eigenvalue weighted by molar-refractivity contribution is 8.04. The van der Waals surface area contributed by atoms with Crippen LogP contribution in [0, 0.1) is 11.3 Å². The summed E-state index contributed by atoms with van der Waals surface area (Å²) in [6, 6.07) is 16.3. The van der Waals surface area contributed by atoms with Gasteiger partial charge in [-0.2, -0.15) is 5.26 Å². The average molecular weight is 589 g/mol. The number of likely N-dealkylation sites (tertiary alicyclic amines) is 1. The third kappa shape index (κ3) is 7.93. The minimum Gasteiger partial charge on any atom is -0.497 e. The number of carbonyl (C=O) groups excluding carboxylic acids is 3. The van der Waals surface area contributed by atoms with Crippen molar-refractivity contribution < 1.29 is 19.1 Å². The Kier molecular flexibility index (Phi) is 11.0. The van der Waals surface area contributed by atoms with Crippen LogP contribution in [0.25, 0.3) is 0 Å². The lowest BCUT2D eigenvalue weighted by Gasteiger charge is -2.16. The van der Waals surface area contributed by atoms with Gasteiger partial charge in [0, 0.05) is 43.6 Å². The molecule has 0 spiro atoms. The van der Waals surface area contributed by atoms with Crippen LogP contribution in [0.3, 0.4) is 0 Å². The number of hydrogen-bond acceptors (Lipinski definition) is 8. The molecule has 2 aliphatic heterocycles. The van der Waals surface area contributed by atoms with Gasteiger partial charge in [-0.25, -0.2) is 0 Å². The molecular formula is C31H36N6O4S. The smallest absolute Gasteiger partial charge is 0.264 e. The molecule has 2 saturated heterocycles. The highest BCUT2D eigenvalue weighted by atomic mass is 32.2. The van der Waals surface area contributed by atoms with E-state index in [4.69, 9.17) is 4.74 Å². The standard InChI is InChI=1S/C31H36N6O4S/c1-3-37-30(40)27(42-31(37)26(19-32)29(39)35-20-22-10-12-25(41-2)13-11-22)21-34-24-9-6-8-23(18-24)28(38)33-14-7-17-36-15-4-5-16-36/h6-14,18,27,34H,3-5,15-17,20-21H2,1-2H3,(H,33,38)(H,35,39)/b14-7+,31-26-/t27-/m1/s1. The molecule has 2 fully saturated rings. The molecule has 0 aliphatic carbocycles. The zero-order chi connectivity index (χ0) is 29.9. The molecule has 2 aromatic rings. The predicted molar refractivity (Wildman–Crippen MR) is 163 cm³/mol. The number of ether oxygens (including phenoxy) is 1. The van der Waals surface area contributed by atoms with E-state index in [9.17, 15) is 19.6 Å². The normalized spacial score (nSPS) is 18.2. The number of anilines is 1. The van der Waals surface area contributed by atoms with Crippen LogP contribution in [0.2, 0.25) is 0 Å². The van der Waals surface area contributed by atoms with E-state index < -0.39 is 11.2 Å². The minimum absolute atomic E-state index is 0.0948. The van der Waals surface area contributed by atoms with E-state index in [-0.39, 0.29) is 30.5 Å². The fourth-order valence-corrected chi connectivity index (χ4v) is 5.99. The molecular weight excluding hydrogens is 552 g/mol. The summed E-state index contributed by atoms with van der Waals surface area (Å²) in [5, 5.41) is 18.5. The molecule has 0 aromatic heterocycles. The van der Waals surface area contributed by atoms with E-state index >= 15 is 0 Å². The van der Waals surface area contributed by atoms with Crippen LogP contribution >= 0.6 is 11.8 Å². The number of nitrogens with one attached hydrogen (secondary N) is 3. The summed E-state index contributed by atoms with van der Waals surface area (Å²) in [5.41, 5.74) is 1.94. The Bertz CT molecular complexity index is 1380. The number of rotatable bonds is 12. The van der Waals surface area contributed by atoms with Crippen molar-refractivity contribution in [3.05, 3.63) is 82.5 Å². The molecule has 2 heterocycles. The van der Waals surface area contributed by atoms with E-state index in [1.54, 1.807) is 50.6 Å². The number of nitriles is 1. The second kappa shape index (κ2) is 15.1. The summed E-state index contributed by atoms with van der Waals surface area (Å²) in [6.07, 6.45) is 6.08. The molecule has 42 heavy (non-hydrogen) atoms. The van der Waals surface area contributed by atoms with Crippen molar-refractivity contribution in [2.24, 2.45) is 0 Å². The minimum atomic E-state index is -0.538. The molecule has 3 N–H and O–H groups in total. The topological polar surface area (TPSA) is 127 Å². The maximum absolute atomic E-state index is 13.2. The van der Waals surface area contributed by atoms with Crippen molar-refractivity contribution in [2.45, 2.75) is 31.6 Å². The van der Waals surface area contributed by atoms with E-state index in [0.29, 0.717) is 28.6 Å². The third-order valence-electron chi connectivity index (χ3n) is 7.03. The first kappa shape index (κ1) is 30.7. The molecule has 4 rings (SSSR count). The SMILES string of the molecule is CCN1C(=O)[C@@H](CNc2cccc(C(=O)N/C=C/CN3CCCC3)c2)S/C1=C(/C#N)C(=O)NCc1ccc(OC)cc1. The van der Waals surface area contributed by atoms with Crippen LogP contribution < -0.4 is 20.7 Å². The second-order valence-corrected chi connectivity index (χ2v) is 11.0. The van der Waals surface area contributed by atoms with Gasteiger partial charge in [-0.05, 0) is 68.8 Å². The lowest BCUT2D eigenvalue weighted by molar-refractivity contribution is -0.127. The van der Waals surface area contributed by atoms with Gasteiger partial charge in [0.25, 0.3) is 11.8 Å². The van der Waals surface area contributed by atoms with Crippen molar-refractivity contribution in [3.63, 3.8) is 0 Å². The van der Waals surface area contributed by atoms with Gasteiger partial charge in [0.15, 0.2) is 0 Å². The number of carbonyl (C=O) groups is 3. The van der Waals surface area contributed by atoms with Gasteiger partial charge < -0.3 is 25.6 Å². The second-order valence-electron chi connectivity index (χ2n) is 9.86. The van der Waals surface area contributed by atoms with Gasteiger partial charge in [-0.15, -0.1) is 0 Å². The number of amides is 3. The number of nitrogens with zero attached hydrogens (tertiary/aromatic N) is 3. The third-order valence-corrected chi connectivity index (χ3v) is 8.33. The summed E-state index contributed by atoms with van der Waals surface area (Å²) < 4.78 is 5.15. The van der Waals surface area contributed by atoms with Gasteiger partial charge in [0.05, 0.1) is 7.11 Å². The van der Waals surface area contributed by atoms with E-state index in [1.807, 2.05) is 30.3 Å². The molecule has 0 saturated carbocycles. The fraction of sp³-hybridized carbons (Fsp3) is 0.355. The molecule has 1 atom stereocenters. The van der Waals surface area contributed by atoms with Crippen molar-refractivity contribution in [3.8, 4) is 11.8 Å². The summed E-state index contributed by atoms with van der Waals surface area (Å²) >= 11 is 1.19. The Morgan fingerprint density at radius 3 is 2.62 bits per heavy atom. The molecule has 2 aliphatic rings. The van der Waals surface area contributed by atoms with Crippen LogP contribution in [0.15, 0.2) is 71.4 Å². The van der Waals surface area contributed by atoms with Gasteiger partial charge in [-0.3, -0.25) is 19.3 Å². The zero-order valence-corrected chi connectivity index (χ0v) is 24.7. The Hall–Kier alpha value is -4.27. The first-order valence-electron chi connectivity index (χ1n) is 14.0. The zero-order valence-electron chi connectivity index (χ0n) is 23.9. The molecule has 3 amide bonds. The molecule has 10 nitrogen and oxygen atoms in total. The summed E-state index contributed by atoms with van der Waals surface area (Å²) in [6.45, 7) is 5.63. The van der Waals surface area contributed by atoms with Gasteiger partial charge in [0.1, 0.15) is 27.7 Å². The predicted octanol–water partition coefficient (Wildman–Crippen LogP) is 3.46. The number of methoxy groups -OCH3 is 1. The van der Waals surface area contributed by atoms with Crippen molar-refractivity contribution >= 4 is 35.2 Å². The molecule has 220 valence electrons. The largest absolute Gasteiger partial charge is 0.497 e. The molecule has 0 radical (unpaired) electrons. The van der Waals surface area contributed by atoms with Crippen LogP contribution in [-0.2, 0) is 16.1 Å². The van der Waals surface area contributed by atoms with Gasteiger partial charge in [0.2, 0.25) is 5.91 Å². The Morgan fingerprint density at radius 2 is 1.93 bits per heavy atom. The summed E-state index contributed by atoms with van der Waals surface area (Å²) in [5.74, 6) is -0.231. The Labute approximate surface area is 250 Å². The summed E-state index contributed by atoms with van der Waals surface area (Å²) in [4.78, 5) is 42.6. The molecule has 2 aromatic carbocycles. The maximum atomic E-state index is 13.2. The van der Waals surface area contributed by atoms with E-state index in [0.717, 1.165) is 25.2 Å². The Balaban J connectivity index is 1.35. The first-order chi connectivity index (χ1) is 20.4. The van der Waals surface area contributed by atoms with Crippen molar-refractivity contribution in [2.75, 3.05) is 45.2 Å². The number of hydrogen-bond donors (Lipinski definition) is 3. The number of thioether (sulfide) groups is 1. The first-order valence-corrected chi connectivity index (χ1v) is 14.9. The average Bonchev–Trinajstić information content (AvgIpc) is 3.65. The Morgan fingerprint density at radius 1 is 1.17 bits per heavy atom. The highest BCUT2D eigenvalue weighted by Crippen LogP contribution is 2.37. The van der Waals surface area contributed by atoms with E-state index in [2.05, 4.69) is 20.9 Å². The molecule has 0 unspecified atom stereocenters. The van der Waals surface area contributed by atoms with Crippen molar-refractivity contribution in [1.82, 2.24) is 20.4 Å².